The highest BCUT2D eigenvalue weighted by Gasteiger charge is 2.11. The highest BCUT2D eigenvalue weighted by Crippen LogP contribution is 2.33. The van der Waals surface area contributed by atoms with Crippen LogP contribution in [0.4, 0.5) is 0 Å². The van der Waals surface area contributed by atoms with Gasteiger partial charge in [0.1, 0.15) is 11.6 Å². The molecule has 2 aromatic carbocycles. The van der Waals surface area contributed by atoms with Gasteiger partial charge in [-0.25, -0.2) is 0 Å². The molecular formula is C16H17BrN2O2. The molecule has 110 valence electrons. The summed E-state index contributed by atoms with van der Waals surface area (Å²) >= 11 is 3.37. The largest absolute Gasteiger partial charge is 0.490 e. The van der Waals surface area contributed by atoms with Gasteiger partial charge in [-0.3, -0.25) is 5.41 Å². The molecule has 0 bridgehead atoms. The summed E-state index contributed by atoms with van der Waals surface area (Å²) in [5, 5.41) is 7.65. The van der Waals surface area contributed by atoms with E-state index in [-0.39, 0.29) is 5.84 Å². The van der Waals surface area contributed by atoms with Gasteiger partial charge in [0.2, 0.25) is 0 Å². The molecule has 0 amide bonds. The Bertz CT molecular complexity index is 644. The number of rotatable bonds is 6. The molecule has 3 N–H and O–H groups in total. The SMILES string of the molecule is CCCOc1ccccc1Oc1ccc(Br)cc1C(=N)N. The summed E-state index contributed by atoms with van der Waals surface area (Å²) in [6.45, 7) is 2.67. The summed E-state index contributed by atoms with van der Waals surface area (Å²) in [5.74, 6) is 1.77. The van der Waals surface area contributed by atoms with Crippen molar-refractivity contribution in [2.45, 2.75) is 13.3 Å². The van der Waals surface area contributed by atoms with Gasteiger partial charge in [0.25, 0.3) is 0 Å². The second-order valence-electron chi connectivity index (χ2n) is 4.45. The molecule has 2 aromatic rings. The van der Waals surface area contributed by atoms with Gasteiger partial charge >= 0.3 is 0 Å². The Morgan fingerprint density at radius 3 is 2.52 bits per heavy atom. The van der Waals surface area contributed by atoms with E-state index >= 15 is 0 Å². The minimum Gasteiger partial charge on any atom is -0.490 e. The summed E-state index contributed by atoms with van der Waals surface area (Å²) in [4.78, 5) is 0. The molecule has 4 nitrogen and oxygen atoms in total. The van der Waals surface area contributed by atoms with Crippen LogP contribution >= 0.6 is 15.9 Å². The van der Waals surface area contributed by atoms with E-state index in [2.05, 4.69) is 15.9 Å². The average Bonchev–Trinajstić information content (AvgIpc) is 2.48. The number of halogens is 1. The molecule has 0 atom stereocenters. The van der Waals surface area contributed by atoms with Crippen LogP contribution in [0.3, 0.4) is 0 Å². The normalized spacial score (nSPS) is 10.2. The fraction of sp³-hybridized carbons (Fsp3) is 0.188. The zero-order chi connectivity index (χ0) is 15.2. The van der Waals surface area contributed by atoms with E-state index in [1.165, 1.54) is 0 Å². The maximum atomic E-state index is 7.65. The monoisotopic (exact) mass is 348 g/mol. The number of amidine groups is 1. The summed E-state index contributed by atoms with van der Waals surface area (Å²) < 4.78 is 12.4. The lowest BCUT2D eigenvalue weighted by atomic mass is 10.2. The lowest BCUT2D eigenvalue weighted by molar-refractivity contribution is 0.302. The lowest BCUT2D eigenvalue weighted by Crippen LogP contribution is -2.12. The zero-order valence-corrected chi connectivity index (χ0v) is 13.3. The van der Waals surface area contributed by atoms with E-state index in [0.29, 0.717) is 29.4 Å². The van der Waals surface area contributed by atoms with Crippen molar-refractivity contribution in [3.05, 3.63) is 52.5 Å². The van der Waals surface area contributed by atoms with Crippen molar-refractivity contribution < 1.29 is 9.47 Å². The zero-order valence-electron chi connectivity index (χ0n) is 11.7. The van der Waals surface area contributed by atoms with Crippen molar-refractivity contribution in [1.29, 1.82) is 5.41 Å². The van der Waals surface area contributed by atoms with Gasteiger partial charge in [-0.15, -0.1) is 0 Å². The molecule has 0 unspecified atom stereocenters. The van der Waals surface area contributed by atoms with Gasteiger partial charge in [0.05, 0.1) is 12.2 Å². The van der Waals surface area contributed by atoms with Gasteiger partial charge in [-0.05, 0) is 36.8 Å². The summed E-state index contributed by atoms with van der Waals surface area (Å²) in [6, 6.07) is 12.8. The molecule has 21 heavy (non-hydrogen) atoms. The van der Waals surface area contributed by atoms with Crippen molar-refractivity contribution in [2.75, 3.05) is 6.61 Å². The number of hydrogen-bond donors (Lipinski definition) is 2. The third-order valence-electron chi connectivity index (χ3n) is 2.76. The molecule has 5 heteroatoms. The number of benzene rings is 2. The van der Waals surface area contributed by atoms with E-state index in [1.54, 1.807) is 12.1 Å². The Kier molecular flexibility index (Phi) is 5.22. The summed E-state index contributed by atoms with van der Waals surface area (Å²) in [7, 11) is 0. The van der Waals surface area contributed by atoms with Crippen LogP contribution in [0, 0.1) is 5.41 Å². The predicted octanol–water partition coefficient (Wildman–Crippen LogP) is 4.31. The Morgan fingerprint density at radius 1 is 1.14 bits per heavy atom. The third-order valence-corrected chi connectivity index (χ3v) is 3.26. The Balaban J connectivity index is 2.32. The van der Waals surface area contributed by atoms with Crippen molar-refractivity contribution >= 4 is 21.8 Å². The Labute approximate surface area is 132 Å². The molecule has 0 spiro atoms. The highest BCUT2D eigenvalue weighted by atomic mass is 79.9. The first kappa shape index (κ1) is 15.4. The van der Waals surface area contributed by atoms with Crippen LogP contribution in [0.2, 0.25) is 0 Å². The topological polar surface area (TPSA) is 68.3 Å². The van der Waals surface area contributed by atoms with Crippen LogP contribution in [-0.4, -0.2) is 12.4 Å². The van der Waals surface area contributed by atoms with Gasteiger partial charge in [0.15, 0.2) is 11.5 Å². The molecule has 0 radical (unpaired) electrons. The molecule has 0 aliphatic rings. The molecule has 0 heterocycles. The quantitative estimate of drug-likeness (QED) is 0.603. The average molecular weight is 349 g/mol. The number of para-hydroxylation sites is 2. The number of nitrogens with one attached hydrogen (secondary N) is 1. The first-order chi connectivity index (χ1) is 10.1. The van der Waals surface area contributed by atoms with Crippen LogP contribution < -0.4 is 15.2 Å². The van der Waals surface area contributed by atoms with Crippen LogP contribution in [0.5, 0.6) is 17.2 Å². The number of nitrogen functional groups attached to an aromatic ring is 1. The second kappa shape index (κ2) is 7.13. The first-order valence-electron chi connectivity index (χ1n) is 6.65. The minimum absolute atomic E-state index is 0.0433. The first-order valence-corrected chi connectivity index (χ1v) is 7.44. The Hall–Kier alpha value is -2.01. The standard InChI is InChI=1S/C16H17BrN2O2/c1-2-9-20-14-5-3-4-6-15(14)21-13-8-7-11(17)10-12(13)16(18)19/h3-8,10H,2,9H2,1H3,(H3,18,19). The van der Waals surface area contributed by atoms with E-state index in [0.717, 1.165) is 10.9 Å². The molecule has 0 saturated heterocycles. The Morgan fingerprint density at radius 2 is 1.86 bits per heavy atom. The van der Waals surface area contributed by atoms with Crippen LogP contribution in [-0.2, 0) is 0 Å². The number of ether oxygens (including phenoxy) is 2. The lowest BCUT2D eigenvalue weighted by Gasteiger charge is -2.14. The third kappa shape index (κ3) is 3.98. The van der Waals surface area contributed by atoms with Crippen LogP contribution in [0.1, 0.15) is 18.9 Å². The van der Waals surface area contributed by atoms with Crippen molar-refractivity contribution in [1.82, 2.24) is 0 Å². The molecule has 0 aliphatic carbocycles. The molecule has 0 aromatic heterocycles. The molecule has 0 fully saturated rings. The summed E-state index contributed by atoms with van der Waals surface area (Å²) in [5.41, 5.74) is 6.14. The van der Waals surface area contributed by atoms with Crippen molar-refractivity contribution in [3.8, 4) is 17.2 Å². The molecule has 2 rings (SSSR count). The fourth-order valence-corrected chi connectivity index (χ4v) is 2.15. The minimum atomic E-state index is -0.0433. The molecule has 0 aliphatic heterocycles. The van der Waals surface area contributed by atoms with Gasteiger partial charge < -0.3 is 15.2 Å². The van der Waals surface area contributed by atoms with E-state index in [4.69, 9.17) is 20.6 Å². The predicted molar refractivity (Wildman–Crippen MR) is 87.5 cm³/mol. The maximum absolute atomic E-state index is 7.65. The smallest absolute Gasteiger partial charge is 0.169 e. The second-order valence-corrected chi connectivity index (χ2v) is 5.37. The number of nitrogens with two attached hydrogens (primary N) is 1. The van der Waals surface area contributed by atoms with E-state index in [9.17, 15) is 0 Å². The number of hydrogen-bond acceptors (Lipinski definition) is 3. The van der Waals surface area contributed by atoms with Gasteiger partial charge in [-0.2, -0.15) is 0 Å². The van der Waals surface area contributed by atoms with Gasteiger partial charge in [0, 0.05) is 4.47 Å². The van der Waals surface area contributed by atoms with E-state index < -0.39 is 0 Å². The van der Waals surface area contributed by atoms with Crippen molar-refractivity contribution in [2.24, 2.45) is 5.73 Å². The van der Waals surface area contributed by atoms with E-state index in [1.807, 2.05) is 37.3 Å². The molecule has 0 saturated carbocycles. The maximum Gasteiger partial charge on any atom is 0.169 e. The highest BCUT2D eigenvalue weighted by molar-refractivity contribution is 9.10. The van der Waals surface area contributed by atoms with Gasteiger partial charge in [-0.1, -0.05) is 35.0 Å². The van der Waals surface area contributed by atoms with Crippen LogP contribution in [0.25, 0.3) is 0 Å². The van der Waals surface area contributed by atoms with Crippen LogP contribution in [0.15, 0.2) is 46.9 Å². The summed E-state index contributed by atoms with van der Waals surface area (Å²) in [6.07, 6.45) is 0.922. The van der Waals surface area contributed by atoms with Crippen molar-refractivity contribution in [3.63, 3.8) is 0 Å². The molecular weight excluding hydrogens is 332 g/mol. The fourth-order valence-electron chi connectivity index (χ4n) is 1.79.